The number of rotatable bonds is 3. The van der Waals surface area contributed by atoms with E-state index in [1.807, 2.05) is 0 Å². The van der Waals surface area contributed by atoms with Crippen LogP contribution in [0.1, 0.15) is 12.5 Å². The van der Waals surface area contributed by atoms with Crippen LogP contribution in [0.2, 0.25) is 0 Å². The summed E-state index contributed by atoms with van der Waals surface area (Å²) in [6.07, 6.45) is -3.75. The molecule has 0 saturated carbocycles. The second kappa shape index (κ2) is 5.07. The third-order valence-electron chi connectivity index (χ3n) is 3.37. The number of fused-ring (bicyclic) bond motifs is 1. The van der Waals surface area contributed by atoms with Crippen molar-refractivity contribution in [1.29, 1.82) is 0 Å². The molecule has 1 aromatic heterocycles. The summed E-state index contributed by atoms with van der Waals surface area (Å²) in [6, 6.07) is 6.44. The van der Waals surface area contributed by atoms with E-state index in [9.17, 15) is 18.0 Å². The Balaban J connectivity index is 2.74. The Morgan fingerprint density at radius 2 is 1.95 bits per heavy atom. The molecule has 0 radical (unpaired) electrons. The monoisotopic (exact) mass is 300 g/mol. The van der Waals surface area contributed by atoms with E-state index in [-0.39, 0.29) is 17.6 Å². The second-order valence-electron chi connectivity index (χ2n) is 4.70. The zero-order valence-corrected chi connectivity index (χ0v) is 11.6. The van der Waals surface area contributed by atoms with Crippen LogP contribution in [0.15, 0.2) is 30.5 Å². The Hall–Kier alpha value is -2.02. The maximum atomic E-state index is 13.5. The Labute approximate surface area is 119 Å². The zero-order chi connectivity index (χ0) is 15.8. The van der Waals surface area contributed by atoms with Gasteiger partial charge in [-0.3, -0.25) is 0 Å². The number of para-hydroxylation sites is 1. The minimum Gasteiger partial charge on any atom is -0.464 e. The first-order chi connectivity index (χ1) is 9.73. The lowest BCUT2D eigenvalue weighted by atomic mass is 9.90. The van der Waals surface area contributed by atoms with E-state index in [2.05, 4.69) is 4.74 Å². The van der Waals surface area contributed by atoms with E-state index in [1.54, 1.807) is 25.2 Å². The quantitative estimate of drug-likeness (QED) is 0.886. The topological polar surface area (TPSA) is 57.2 Å². The van der Waals surface area contributed by atoms with Crippen molar-refractivity contribution in [3.8, 4) is 0 Å². The van der Waals surface area contributed by atoms with Gasteiger partial charge in [0.15, 0.2) is 0 Å². The van der Waals surface area contributed by atoms with Crippen LogP contribution >= 0.6 is 0 Å². The average Bonchev–Trinajstić information content (AvgIpc) is 2.75. The summed E-state index contributed by atoms with van der Waals surface area (Å²) in [5, 5.41) is 0.271. The fourth-order valence-corrected chi connectivity index (χ4v) is 2.28. The summed E-state index contributed by atoms with van der Waals surface area (Å²) >= 11 is 0. The number of esters is 1. The Morgan fingerprint density at radius 3 is 2.52 bits per heavy atom. The van der Waals surface area contributed by atoms with E-state index in [1.165, 1.54) is 23.8 Å². The SMILES string of the molecule is CCOC(=O)[C@@](N)(c1cn(C)c2ccccc12)C(F)(F)F. The number of nitrogens with zero attached hydrogens (tertiary/aromatic N) is 1. The van der Waals surface area contributed by atoms with Gasteiger partial charge < -0.3 is 15.0 Å². The van der Waals surface area contributed by atoms with Crippen molar-refractivity contribution < 1.29 is 22.7 Å². The molecule has 1 aromatic carbocycles. The summed E-state index contributed by atoms with van der Waals surface area (Å²) in [7, 11) is 1.59. The van der Waals surface area contributed by atoms with E-state index in [0.29, 0.717) is 5.52 Å². The standard InChI is InChI=1S/C14H15F3N2O2/c1-3-21-12(20)13(18,14(15,16)17)10-8-19(2)11-7-5-4-6-9(10)11/h4-8H,3,18H2,1-2H3/t13-/m0/s1. The van der Waals surface area contributed by atoms with Gasteiger partial charge in [-0.1, -0.05) is 18.2 Å². The minimum atomic E-state index is -4.97. The lowest BCUT2D eigenvalue weighted by Crippen LogP contribution is -2.57. The molecule has 0 saturated heterocycles. The van der Waals surface area contributed by atoms with Gasteiger partial charge in [-0.2, -0.15) is 13.2 Å². The molecule has 0 aliphatic heterocycles. The van der Waals surface area contributed by atoms with Crippen molar-refractivity contribution >= 4 is 16.9 Å². The molecule has 0 amide bonds. The first-order valence-corrected chi connectivity index (χ1v) is 6.30. The van der Waals surface area contributed by atoms with Crippen LogP contribution in [0.3, 0.4) is 0 Å². The van der Waals surface area contributed by atoms with Gasteiger partial charge in [-0.05, 0) is 13.0 Å². The molecule has 0 aliphatic rings. The van der Waals surface area contributed by atoms with Crippen molar-refractivity contribution in [2.75, 3.05) is 6.61 Å². The van der Waals surface area contributed by atoms with Crippen LogP contribution in [0, 0.1) is 0 Å². The highest BCUT2D eigenvalue weighted by molar-refractivity contribution is 5.93. The number of hydrogen-bond donors (Lipinski definition) is 1. The van der Waals surface area contributed by atoms with E-state index in [4.69, 9.17) is 5.73 Å². The summed E-state index contributed by atoms with van der Waals surface area (Å²) in [5.74, 6) is -1.51. The molecule has 2 N–H and O–H groups in total. The maximum Gasteiger partial charge on any atom is 0.421 e. The molecule has 0 aliphatic carbocycles. The molecule has 0 unspecified atom stereocenters. The minimum absolute atomic E-state index is 0.182. The number of ether oxygens (including phenoxy) is 1. The fraction of sp³-hybridized carbons (Fsp3) is 0.357. The third-order valence-corrected chi connectivity index (χ3v) is 3.37. The van der Waals surface area contributed by atoms with Gasteiger partial charge in [0, 0.05) is 29.7 Å². The average molecular weight is 300 g/mol. The molecule has 21 heavy (non-hydrogen) atoms. The maximum absolute atomic E-state index is 13.5. The first-order valence-electron chi connectivity index (χ1n) is 6.30. The van der Waals surface area contributed by atoms with Crippen molar-refractivity contribution in [2.24, 2.45) is 12.8 Å². The highest BCUT2D eigenvalue weighted by Gasteiger charge is 2.61. The number of nitrogens with two attached hydrogens (primary N) is 1. The number of carbonyl (C=O) groups is 1. The van der Waals surface area contributed by atoms with Crippen LogP contribution < -0.4 is 5.73 Å². The number of aryl methyl sites for hydroxylation is 1. The Morgan fingerprint density at radius 1 is 1.33 bits per heavy atom. The molecule has 7 heteroatoms. The lowest BCUT2D eigenvalue weighted by Gasteiger charge is -2.29. The largest absolute Gasteiger partial charge is 0.464 e. The molecule has 0 fully saturated rings. The number of halogens is 3. The molecule has 1 heterocycles. The number of carbonyl (C=O) groups excluding carboxylic acids is 1. The Bertz CT molecular complexity index is 678. The van der Waals surface area contributed by atoms with Gasteiger partial charge in [0.1, 0.15) is 0 Å². The summed E-state index contributed by atoms with van der Waals surface area (Å²) in [4.78, 5) is 11.9. The van der Waals surface area contributed by atoms with Gasteiger partial charge >= 0.3 is 12.1 Å². The molecule has 1 atom stereocenters. The van der Waals surface area contributed by atoms with Crippen LogP contribution in [-0.4, -0.2) is 23.3 Å². The smallest absolute Gasteiger partial charge is 0.421 e. The van der Waals surface area contributed by atoms with Crippen molar-refractivity contribution in [2.45, 2.75) is 18.6 Å². The molecule has 2 aromatic rings. The Kier molecular flexibility index (Phi) is 3.71. The highest BCUT2D eigenvalue weighted by atomic mass is 19.4. The summed E-state index contributed by atoms with van der Waals surface area (Å²) < 4.78 is 46.4. The fourth-order valence-electron chi connectivity index (χ4n) is 2.28. The number of hydrogen-bond acceptors (Lipinski definition) is 3. The van der Waals surface area contributed by atoms with Gasteiger partial charge in [-0.15, -0.1) is 0 Å². The normalized spacial score (nSPS) is 15.0. The predicted molar refractivity (Wildman–Crippen MR) is 71.5 cm³/mol. The summed E-state index contributed by atoms with van der Waals surface area (Å²) in [6.45, 7) is 1.25. The van der Waals surface area contributed by atoms with Gasteiger partial charge in [-0.25, -0.2) is 4.79 Å². The second-order valence-corrected chi connectivity index (χ2v) is 4.70. The number of benzene rings is 1. The van der Waals surface area contributed by atoms with Crippen molar-refractivity contribution in [3.05, 3.63) is 36.0 Å². The van der Waals surface area contributed by atoms with Crippen LogP contribution in [0.5, 0.6) is 0 Å². The molecule has 0 bridgehead atoms. The van der Waals surface area contributed by atoms with Crippen LogP contribution in [-0.2, 0) is 22.1 Å². The lowest BCUT2D eigenvalue weighted by molar-refractivity contribution is -0.208. The van der Waals surface area contributed by atoms with Crippen LogP contribution in [0.25, 0.3) is 10.9 Å². The molecule has 2 rings (SSSR count). The molecule has 4 nitrogen and oxygen atoms in total. The van der Waals surface area contributed by atoms with E-state index < -0.39 is 17.7 Å². The molecule has 114 valence electrons. The highest BCUT2D eigenvalue weighted by Crippen LogP contribution is 2.41. The van der Waals surface area contributed by atoms with Crippen molar-refractivity contribution in [1.82, 2.24) is 4.57 Å². The number of alkyl halides is 3. The predicted octanol–water partition coefficient (Wildman–Crippen LogP) is 2.46. The van der Waals surface area contributed by atoms with Crippen LogP contribution in [0.4, 0.5) is 13.2 Å². The van der Waals surface area contributed by atoms with Gasteiger partial charge in [0.25, 0.3) is 0 Å². The van der Waals surface area contributed by atoms with Gasteiger partial charge in [0.2, 0.25) is 5.54 Å². The first kappa shape index (κ1) is 15.4. The zero-order valence-electron chi connectivity index (χ0n) is 11.6. The molecule has 0 spiro atoms. The molecular weight excluding hydrogens is 285 g/mol. The van der Waals surface area contributed by atoms with Crippen molar-refractivity contribution in [3.63, 3.8) is 0 Å². The number of aromatic nitrogens is 1. The van der Waals surface area contributed by atoms with E-state index in [0.717, 1.165) is 0 Å². The van der Waals surface area contributed by atoms with Gasteiger partial charge in [0.05, 0.1) is 6.61 Å². The third kappa shape index (κ3) is 2.27. The summed E-state index contributed by atoms with van der Waals surface area (Å²) in [5.41, 5.74) is 2.54. The van der Waals surface area contributed by atoms with E-state index >= 15 is 0 Å². The molecular formula is C14H15F3N2O2.